The Morgan fingerprint density at radius 1 is 1.13 bits per heavy atom. The Kier molecular flexibility index (Phi) is 13.5. The van der Waals surface area contributed by atoms with Crippen molar-refractivity contribution >= 4 is 33.2 Å². The van der Waals surface area contributed by atoms with Crippen molar-refractivity contribution < 1.29 is 32.2 Å². The highest BCUT2D eigenvalue weighted by Crippen LogP contribution is 2.35. The first-order valence-electron chi connectivity index (χ1n) is 15.6. The van der Waals surface area contributed by atoms with E-state index in [0.717, 1.165) is 24.6 Å². The molecular formula is C33H43ClFN5O6S. The van der Waals surface area contributed by atoms with Gasteiger partial charge in [0.05, 0.1) is 42.2 Å². The van der Waals surface area contributed by atoms with Gasteiger partial charge in [0.15, 0.2) is 0 Å². The maximum atomic E-state index is 15.3. The highest BCUT2D eigenvalue weighted by molar-refractivity contribution is 7.89. The average Bonchev–Trinajstić information content (AvgIpc) is 3.05. The molecule has 1 aromatic heterocycles. The minimum absolute atomic E-state index is 0.0376. The summed E-state index contributed by atoms with van der Waals surface area (Å²) in [5.41, 5.74) is 7.82. The van der Waals surface area contributed by atoms with Crippen molar-refractivity contribution in [3.8, 4) is 5.75 Å². The van der Waals surface area contributed by atoms with E-state index in [1.165, 1.54) is 25.4 Å². The molecule has 47 heavy (non-hydrogen) atoms. The lowest BCUT2D eigenvalue weighted by Crippen LogP contribution is -2.45. The molecule has 0 bridgehead atoms. The normalized spacial score (nSPS) is 16.6. The lowest BCUT2D eigenvalue weighted by atomic mass is 9.76. The first-order chi connectivity index (χ1) is 22.5. The summed E-state index contributed by atoms with van der Waals surface area (Å²) in [5.74, 6) is -0.889. The molecule has 256 valence electrons. The highest BCUT2D eigenvalue weighted by atomic mass is 35.5. The standard InChI is InChI=1S/C33H43ClFN5O6S/c1-21(41)17-37-18-25(40-47(43,44)27-10-8-26(45-2)9-11-27)7-12-28-29(35)19-38-20-30(28)39-33(42)32(36)31(23-13-15-46-16-14-23)22-3-5-24(34)6-4-22/h3-6,8-11,19-21,23,25,31-32,37,40-41H,7,12-18,36H2,1-2H3,(H,39,42)/t21-,25+,31?,32+/m1/s1. The number of anilines is 1. The molecule has 0 spiro atoms. The van der Waals surface area contributed by atoms with Crippen LogP contribution in [-0.4, -0.2) is 76.0 Å². The van der Waals surface area contributed by atoms with E-state index in [4.69, 9.17) is 26.8 Å². The number of pyridine rings is 1. The largest absolute Gasteiger partial charge is 0.497 e. The summed E-state index contributed by atoms with van der Waals surface area (Å²) in [6.07, 6.45) is 3.44. The van der Waals surface area contributed by atoms with Gasteiger partial charge < -0.3 is 30.9 Å². The average molecular weight is 692 g/mol. The van der Waals surface area contributed by atoms with Crippen molar-refractivity contribution in [1.29, 1.82) is 0 Å². The van der Waals surface area contributed by atoms with Crippen LogP contribution in [0.2, 0.25) is 5.02 Å². The summed E-state index contributed by atoms with van der Waals surface area (Å²) >= 11 is 6.12. The van der Waals surface area contributed by atoms with E-state index in [2.05, 4.69) is 20.3 Å². The van der Waals surface area contributed by atoms with E-state index in [1.54, 1.807) is 31.2 Å². The maximum absolute atomic E-state index is 15.3. The van der Waals surface area contributed by atoms with Gasteiger partial charge in [0.2, 0.25) is 15.9 Å². The number of nitrogens with one attached hydrogen (secondary N) is 3. The Balaban J connectivity index is 1.52. The van der Waals surface area contributed by atoms with Gasteiger partial charge in [0, 0.05) is 48.8 Å². The predicted molar refractivity (Wildman–Crippen MR) is 179 cm³/mol. The Morgan fingerprint density at radius 2 is 1.81 bits per heavy atom. The Hall–Kier alpha value is -3.17. The van der Waals surface area contributed by atoms with Crippen LogP contribution in [0.25, 0.3) is 0 Å². The third kappa shape index (κ3) is 10.4. The van der Waals surface area contributed by atoms with Gasteiger partial charge in [0.25, 0.3) is 0 Å². The van der Waals surface area contributed by atoms with Gasteiger partial charge in [-0.05, 0) is 80.5 Å². The summed E-state index contributed by atoms with van der Waals surface area (Å²) in [6, 6.07) is 11.5. The summed E-state index contributed by atoms with van der Waals surface area (Å²) in [7, 11) is -2.47. The van der Waals surface area contributed by atoms with Gasteiger partial charge in [-0.3, -0.25) is 9.78 Å². The number of ether oxygens (including phenoxy) is 2. The molecule has 0 radical (unpaired) electrons. The molecule has 3 aromatic rings. The molecule has 0 aliphatic carbocycles. The second kappa shape index (κ2) is 17.3. The number of nitrogens with zero attached hydrogens (tertiary/aromatic N) is 1. The van der Waals surface area contributed by atoms with Gasteiger partial charge in [-0.1, -0.05) is 23.7 Å². The van der Waals surface area contributed by atoms with Gasteiger partial charge in [-0.2, -0.15) is 0 Å². The third-order valence-corrected chi connectivity index (χ3v) is 10.0. The molecule has 1 aliphatic heterocycles. The van der Waals surface area contributed by atoms with Crippen LogP contribution in [0.4, 0.5) is 10.1 Å². The summed E-state index contributed by atoms with van der Waals surface area (Å²) < 4.78 is 55.1. The Morgan fingerprint density at radius 3 is 2.45 bits per heavy atom. The summed E-state index contributed by atoms with van der Waals surface area (Å²) in [6.45, 7) is 3.13. The molecule has 1 saturated heterocycles. The number of aliphatic hydroxyl groups excluding tert-OH is 1. The van der Waals surface area contributed by atoms with Gasteiger partial charge in [-0.25, -0.2) is 17.5 Å². The fourth-order valence-electron chi connectivity index (χ4n) is 5.77. The molecule has 2 heterocycles. The molecule has 6 N–H and O–H groups in total. The number of benzene rings is 2. The Labute approximate surface area is 280 Å². The van der Waals surface area contributed by atoms with Crippen LogP contribution >= 0.6 is 11.6 Å². The molecule has 4 atom stereocenters. The van der Waals surface area contributed by atoms with Crippen LogP contribution < -0.4 is 25.8 Å². The van der Waals surface area contributed by atoms with Crippen LogP contribution in [0, 0.1) is 11.7 Å². The number of aliphatic hydroxyl groups is 1. The van der Waals surface area contributed by atoms with E-state index < -0.39 is 39.9 Å². The number of methoxy groups -OCH3 is 1. The fraction of sp³-hybridized carbons (Fsp3) is 0.455. The van der Waals surface area contributed by atoms with Crippen molar-refractivity contribution in [2.45, 2.75) is 61.6 Å². The number of carbonyl (C=O) groups is 1. The quantitative estimate of drug-likeness (QED) is 0.151. The van der Waals surface area contributed by atoms with E-state index in [-0.39, 0.29) is 53.9 Å². The number of rotatable bonds is 16. The summed E-state index contributed by atoms with van der Waals surface area (Å²) in [5, 5.41) is 16.1. The fourth-order valence-corrected chi connectivity index (χ4v) is 7.16. The minimum Gasteiger partial charge on any atom is -0.497 e. The maximum Gasteiger partial charge on any atom is 0.241 e. The molecule has 11 nitrogen and oxygen atoms in total. The molecule has 1 aliphatic rings. The zero-order valence-electron chi connectivity index (χ0n) is 26.5. The minimum atomic E-state index is -3.96. The van der Waals surface area contributed by atoms with Crippen LogP contribution in [0.3, 0.4) is 0 Å². The van der Waals surface area contributed by atoms with Gasteiger partial charge >= 0.3 is 0 Å². The smallest absolute Gasteiger partial charge is 0.241 e. The first kappa shape index (κ1) is 36.7. The lowest BCUT2D eigenvalue weighted by Gasteiger charge is -2.34. The molecule has 14 heteroatoms. The van der Waals surface area contributed by atoms with Crippen LogP contribution in [0.1, 0.15) is 43.2 Å². The van der Waals surface area contributed by atoms with E-state index >= 15 is 4.39 Å². The molecule has 1 amide bonds. The predicted octanol–water partition coefficient (Wildman–Crippen LogP) is 3.61. The number of carbonyl (C=O) groups excluding carboxylic acids is 1. The topological polar surface area (TPSA) is 165 Å². The van der Waals surface area contributed by atoms with Crippen LogP contribution in [-0.2, 0) is 26.0 Å². The molecule has 4 rings (SSSR count). The number of aromatic nitrogens is 1. The summed E-state index contributed by atoms with van der Waals surface area (Å²) in [4.78, 5) is 17.6. The van der Waals surface area contributed by atoms with E-state index in [0.29, 0.717) is 24.0 Å². The van der Waals surface area contributed by atoms with Crippen molar-refractivity contribution in [2.24, 2.45) is 11.7 Å². The number of amides is 1. The van der Waals surface area contributed by atoms with Gasteiger partial charge in [-0.15, -0.1) is 0 Å². The van der Waals surface area contributed by atoms with Gasteiger partial charge in [0.1, 0.15) is 11.6 Å². The lowest BCUT2D eigenvalue weighted by molar-refractivity contribution is -0.118. The van der Waals surface area contributed by atoms with Crippen molar-refractivity contribution in [2.75, 3.05) is 38.7 Å². The molecule has 1 unspecified atom stereocenters. The number of hydrogen-bond donors (Lipinski definition) is 5. The Bertz CT molecular complexity index is 1560. The van der Waals surface area contributed by atoms with Crippen molar-refractivity contribution in [3.05, 3.63) is 82.9 Å². The number of nitrogens with two attached hydrogens (primary N) is 1. The first-order valence-corrected chi connectivity index (χ1v) is 17.4. The molecular weight excluding hydrogens is 649 g/mol. The van der Waals surface area contributed by atoms with E-state index in [1.807, 2.05) is 12.1 Å². The number of hydrogen-bond acceptors (Lipinski definition) is 9. The monoisotopic (exact) mass is 691 g/mol. The second-order valence-electron chi connectivity index (χ2n) is 11.7. The highest BCUT2D eigenvalue weighted by Gasteiger charge is 2.34. The molecule has 1 fully saturated rings. The SMILES string of the molecule is COc1ccc(S(=O)(=O)N[C@@H](CCc2c(F)cncc2NC(=O)[C@@H](N)C(c2ccc(Cl)cc2)C2CCOCC2)CNC[C@@H](C)O)cc1. The zero-order valence-corrected chi connectivity index (χ0v) is 28.1. The molecule has 2 aromatic carbocycles. The van der Waals surface area contributed by atoms with Crippen LogP contribution in [0.5, 0.6) is 5.75 Å². The number of sulfonamides is 1. The zero-order chi connectivity index (χ0) is 34.0. The van der Waals surface area contributed by atoms with E-state index in [9.17, 15) is 18.3 Å². The van der Waals surface area contributed by atoms with Crippen molar-refractivity contribution in [1.82, 2.24) is 15.0 Å². The second-order valence-corrected chi connectivity index (χ2v) is 13.9. The molecule has 0 saturated carbocycles. The van der Waals surface area contributed by atoms with Crippen LogP contribution in [0.15, 0.2) is 65.8 Å². The van der Waals surface area contributed by atoms with Crippen molar-refractivity contribution in [3.63, 3.8) is 0 Å². The number of halogens is 2. The third-order valence-electron chi connectivity index (χ3n) is 8.25.